The second-order valence-electron chi connectivity index (χ2n) is 3.18. The van der Waals surface area contributed by atoms with Gasteiger partial charge in [0.05, 0.1) is 0 Å². The summed E-state index contributed by atoms with van der Waals surface area (Å²) in [5.74, 6) is 0. The summed E-state index contributed by atoms with van der Waals surface area (Å²) >= 11 is -2.61. The van der Waals surface area contributed by atoms with Crippen molar-refractivity contribution >= 4 is 32.3 Å². The molecule has 18 heavy (non-hydrogen) atoms. The largest absolute Gasteiger partial charge is 0.299 e. The molecule has 0 unspecified atom stereocenters. The lowest BCUT2D eigenvalue weighted by molar-refractivity contribution is 0.454. The fourth-order valence-corrected chi connectivity index (χ4v) is 2.13. The van der Waals surface area contributed by atoms with E-state index in [4.69, 9.17) is 17.9 Å². The van der Waals surface area contributed by atoms with E-state index in [1.807, 2.05) is 6.07 Å². The van der Waals surface area contributed by atoms with Crippen molar-refractivity contribution in [2.75, 3.05) is 0 Å². The monoisotopic (exact) mass is 290 g/mol. The molecule has 98 valence electrons. The zero-order chi connectivity index (χ0) is 13.8. The molecule has 2 aromatic carbocycles. The maximum absolute atomic E-state index is 11.0. The molecular weight excluding hydrogens is 280 g/mol. The first-order valence-electron chi connectivity index (χ1n) is 4.57. The van der Waals surface area contributed by atoms with Crippen molar-refractivity contribution < 1.29 is 26.3 Å². The summed E-state index contributed by atoms with van der Waals surface area (Å²) in [5.41, 5.74) is 0. The molecule has 0 bridgehead atoms. The Morgan fingerprint density at radius 3 is 2.00 bits per heavy atom. The maximum Gasteiger partial charge on any atom is 0.299 e. The summed E-state index contributed by atoms with van der Waals surface area (Å²) in [4.78, 5) is -0.0457. The summed E-state index contributed by atoms with van der Waals surface area (Å²) in [6, 6.07) is 11.8. The minimum Gasteiger partial charge on any atom is -0.284 e. The molecule has 0 fully saturated rings. The van der Waals surface area contributed by atoms with E-state index in [2.05, 4.69) is 0 Å². The first-order valence-corrected chi connectivity index (χ1v) is 7.08. The lowest BCUT2D eigenvalue weighted by Gasteiger charge is -2.02. The number of fused-ring (bicyclic) bond motifs is 1. The molecule has 0 aliphatic rings. The predicted molar refractivity (Wildman–Crippen MR) is 67.2 cm³/mol. The van der Waals surface area contributed by atoms with E-state index >= 15 is 0 Å². The molecule has 0 spiro atoms. The van der Waals surface area contributed by atoms with Crippen LogP contribution in [0, 0.1) is 0 Å². The Hall–Kier alpha value is -1.32. The molecule has 0 aliphatic carbocycles. The van der Waals surface area contributed by atoms with Gasteiger partial charge in [-0.15, -0.1) is 0 Å². The SMILES string of the molecule is O=S(=O)(O)c1cccc2ccccc12.O=S(O)O. The van der Waals surface area contributed by atoms with E-state index in [1.165, 1.54) is 6.07 Å². The van der Waals surface area contributed by atoms with Crippen LogP contribution in [-0.4, -0.2) is 26.3 Å². The fraction of sp³-hybridized carbons (Fsp3) is 0. The third-order valence-corrected chi connectivity index (χ3v) is 2.94. The molecule has 0 saturated carbocycles. The van der Waals surface area contributed by atoms with Crippen LogP contribution in [0.1, 0.15) is 0 Å². The van der Waals surface area contributed by atoms with Gasteiger partial charge in [-0.2, -0.15) is 12.6 Å². The molecule has 0 atom stereocenters. The normalized spacial score (nSPS) is 11.1. The van der Waals surface area contributed by atoms with Crippen LogP contribution in [-0.2, 0) is 21.5 Å². The molecule has 3 N–H and O–H groups in total. The van der Waals surface area contributed by atoms with Gasteiger partial charge in [-0.25, -0.2) is 0 Å². The molecule has 0 amide bonds. The highest BCUT2D eigenvalue weighted by Crippen LogP contribution is 2.21. The Morgan fingerprint density at radius 2 is 1.44 bits per heavy atom. The standard InChI is InChI=1S/C10H8O3S.H2O3S/c11-14(12,13)10-7-3-5-8-4-1-2-6-9(8)10;1-4(2)3/h1-7H,(H,11,12,13);(H2,1,2,3). The zero-order valence-electron chi connectivity index (χ0n) is 8.92. The summed E-state index contributed by atoms with van der Waals surface area (Å²) in [6.45, 7) is 0. The first kappa shape index (κ1) is 14.7. The molecule has 0 saturated heterocycles. The lowest BCUT2D eigenvalue weighted by atomic mass is 10.1. The molecule has 6 nitrogen and oxygen atoms in total. The summed E-state index contributed by atoms with van der Waals surface area (Å²) < 4.78 is 53.8. The molecule has 0 aromatic heterocycles. The third-order valence-electron chi connectivity index (χ3n) is 2.03. The van der Waals surface area contributed by atoms with E-state index in [1.54, 1.807) is 30.3 Å². The van der Waals surface area contributed by atoms with E-state index < -0.39 is 21.5 Å². The fourth-order valence-electron chi connectivity index (χ4n) is 1.42. The van der Waals surface area contributed by atoms with Gasteiger partial charge in [0.1, 0.15) is 4.90 Å². The number of hydrogen-bond donors (Lipinski definition) is 3. The smallest absolute Gasteiger partial charge is 0.284 e. The van der Waals surface area contributed by atoms with Gasteiger partial charge in [0, 0.05) is 5.39 Å². The maximum atomic E-state index is 11.0. The number of rotatable bonds is 1. The summed E-state index contributed by atoms with van der Waals surface area (Å²) in [7, 11) is -4.13. The second kappa shape index (κ2) is 6.03. The quantitative estimate of drug-likeness (QED) is 0.545. The van der Waals surface area contributed by atoms with Gasteiger partial charge in [0.25, 0.3) is 21.5 Å². The molecule has 8 heteroatoms. The predicted octanol–water partition coefficient (Wildman–Crippen LogP) is 1.77. The van der Waals surface area contributed by atoms with Gasteiger partial charge < -0.3 is 0 Å². The van der Waals surface area contributed by atoms with Crippen molar-refractivity contribution in [3.8, 4) is 0 Å². The zero-order valence-corrected chi connectivity index (χ0v) is 10.6. The number of hydrogen-bond acceptors (Lipinski definition) is 3. The van der Waals surface area contributed by atoms with E-state index in [0.29, 0.717) is 5.39 Å². The van der Waals surface area contributed by atoms with Crippen molar-refractivity contribution in [1.29, 1.82) is 0 Å². The van der Waals surface area contributed by atoms with E-state index in [9.17, 15) is 8.42 Å². The Kier molecular flexibility index (Phi) is 4.93. The molecule has 2 aromatic rings. The van der Waals surface area contributed by atoms with Gasteiger partial charge in [-0.05, 0) is 11.5 Å². The Morgan fingerprint density at radius 1 is 0.944 bits per heavy atom. The molecule has 0 heterocycles. The lowest BCUT2D eigenvalue weighted by Crippen LogP contribution is -1.98. The molecule has 0 aliphatic heterocycles. The van der Waals surface area contributed by atoms with Crippen LogP contribution in [0.15, 0.2) is 47.4 Å². The van der Waals surface area contributed by atoms with Crippen LogP contribution in [0.2, 0.25) is 0 Å². The number of benzene rings is 2. The van der Waals surface area contributed by atoms with Crippen molar-refractivity contribution in [1.82, 2.24) is 0 Å². The van der Waals surface area contributed by atoms with Gasteiger partial charge in [-0.1, -0.05) is 36.4 Å². The van der Waals surface area contributed by atoms with Crippen LogP contribution >= 0.6 is 0 Å². The highest BCUT2D eigenvalue weighted by Gasteiger charge is 2.12. The van der Waals surface area contributed by atoms with E-state index in [0.717, 1.165) is 5.39 Å². The van der Waals surface area contributed by atoms with Crippen LogP contribution < -0.4 is 0 Å². The van der Waals surface area contributed by atoms with Crippen molar-refractivity contribution in [3.05, 3.63) is 42.5 Å². The summed E-state index contributed by atoms with van der Waals surface area (Å²) in [5, 5.41) is 1.33. The Balaban J connectivity index is 0.000000357. The van der Waals surface area contributed by atoms with Gasteiger partial charge in [-0.3, -0.25) is 13.7 Å². The van der Waals surface area contributed by atoms with Crippen molar-refractivity contribution in [2.45, 2.75) is 4.90 Å². The van der Waals surface area contributed by atoms with Crippen LogP contribution in [0.25, 0.3) is 10.8 Å². The topological polar surface area (TPSA) is 112 Å². The highest BCUT2D eigenvalue weighted by atomic mass is 32.2. The first-order chi connectivity index (χ1) is 8.32. The molecule has 2 rings (SSSR count). The molecule has 0 radical (unpaired) electrons. The molecular formula is C10H10O6S2. The van der Waals surface area contributed by atoms with Crippen LogP contribution in [0.4, 0.5) is 0 Å². The van der Waals surface area contributed by atoms with Crippen molar-refractivity contribution in [2.24, 2.45) is 0 Å². The average Bonchev–Trinajstić information content (AvgIpc) is 2.26. The average molecular weight is 290 g/mol. The van der Waals surface area contributed by atoms with Gasteiger partial charge in [0.15, 0.2) is 0 Å². The van der Waals surface area contributed by atoms with Crippen molar-refractivity contribution in [3.63, 3.8) is 0 Å². The highest BCUT2D eigenvalue weighted by molar-refractivity contribution is 7.86. The van der Waals surface area contributed by atoms with E-state index in [-0.39, 0.29) is 4.90 Å². The minimum absolute atomic E-state index is 0.0457. The summed E-state index contributed by atoms with van der Waals surface area (Å²) in [6.07, 6.45) is 0. The third kappa shape index (κ3) is 4.17. The second-order valence-corrected chi connectivity index (χ2v) is 5.03. The Bertz CT molecular complexity index is 656. The van der Waals surface area contributed by atoms with Gasteiger partial charge >= 0.3 is 0 Å². The van der Waals surface area contributed by atoms with Crippen LogP contribution in [0.3, 0.4) is 0 Å². The van der Waals surface area contributed by atoms with Gasteiger partial charge in [0.2, 0.25) is 0 Å². The minimum atomic E-state index is -4.13. The van der Waals surface area contributed by atoms with Crippen LogP contribution in [0.5, 0.6) is 0 Å². The Labute approximate surface area is 106 Å².